The number of hydrogen-bond acceptors (Lipinski definition) is 3. The number of nitrogens with one attached hydrogen (secondary N) is 2. The number of nitrogens with zero attached hydrogens (tertiary/aromatic N) is 3. The third kappa shape index (κ3) is 3.20. The highest BCUT2D eigenvalue weighted by Crippen LogP contribution is 1.87. The van der Waals surface area contributed by atoms with Crippen LogP contribution < -0.4 is 10.7 Å². The van der Waals surface area contributed by atoms with E-state index < -0.39 is 0 Å². The van der Waals surface area contributed by atoms with Crippen LogP contribution in [-0.2, 0) is 7.05 Å². The fourth-order valence-electron chi connectivity index (χ4n) is 0.713. The molecule has 2 N–H and O–H groups in total. The lowest BCUT2D eigenvalue weighted by Gasteiger charge is -1.97. The highest BCUT2D eigenvalue weighted by atomic mass is 32.1. The first kappa shape index (κ1) is 9.66. The van der Waals surface area contributed by atoms with E-state index >= 15 is 0 Å². The van der Waals surface area contributed by atoms with Gasteiger partial charge in [-0.2, -0.15) is 5.10 Å². The Labute approximate surface area is 81.9 Å². The van der Waals surface area contributed by atoms with Crippen LogP contribution in [0.3, 0.4) is 0 Å². The lowest BCUT2D eigenvalue weighted by Crippen LogP contribution is -2.28. The first-order chi connectivity index (χ1) is 6.22. The molecule has 0 aliphatic rings. The molecule has 6 heteroatoms. The quantitative estimate of drug-likeness (QED) is 0.393. The molecule has 0 amide bonds. The zero-order chi connectivity index (χ0) is 9.68. The molecule has 70 valence electrons. The van der Waals surface area contributed by atoms with Gasteiger partial charge in [0.1, 0.15) is 5.69 Å². The van der Waals surface area contributed by atoms with Crippen LogP contribution in [0.1, 0.15) is 5.69 Å². The summed E-state index contributed by atoms with van der Waals surface area (Å²) in [5.41, 5.74) is 3.42. The summed E-state index contributed by atoms with van der Waals surface area (Å²) in [7, 11) is 3.63. The first-order valence-corrected chi connectivity index (χ1v) is 4.12. The Morgan fingerprint density at radius 3 is 3.08 bits per heavy atom. The van der Waals surface area contributed by atoms with Crippen molar-refractivity contribution in [2.24, 2.45) is 12.1 Å². The van der Waals surface area contributed by atoms with E-state index in [2.05, 4.69) is 20.8 Å². The van der Waals surface area contributed by atoms with Gasteiger partial charge < -0.3 is 9.88 Å². The molecule has 0 spiro atoms. The Bertz CT molecular complexity index is 316. The van der Waals surface area contributed by atoms with Crippen molar-refractivity contribution in [3.63, 3.8) is 0 Å². The van der Waals surface area contributed by atoms with Crippen LogP contribution in [0.15, 0.2) is 17.6 Å². The highest BCUT2D eigenvalue weighted by Gasteiger charge is 1.90. The second kappa shape index (κ2) is 4.56. The van der Waals surface area contributed by atoms with Gasteiger partial charge in [0.2, 0.25) is 0 Å². The summed E-state index contributed by atoms with van der Waals surface area (Å²) in [5, 5.41) is 7.09. The normalized spacial score (nSPS) is 10.3. The summed E-state index contributed by atoms with van der Waals surface area (Å²) in [6, 6.07) is 0. The van der Waals surface area contributed by atoms with Crippen molar-refractivity contribution in [3.05, 3.63) is 18.2 Å². The van der Waals surface area contributed by atoms with Crippen LogP contribution in [0, 0.1) is 0 Å². The average Bonchev–Trinajstić information content (AvgIpc) is 2.51. The zero-order valence-corrected chi connectivity index (χ0v) is 8.30. The fourth-order valence-corrected chi connectivity index (χ4v) is 0.765. The molecule has 1 heterocycles. The van der Waals surface area contributed by atoms with E-state index in [4.69, 9.17) is 12.2 Å². The van der Waals surface area contributed by atoms with Crippen LogP contribution in [0.25, 0.3) is 0 Å². The maximum atomic E-state index is 4.81. The van der Waals surface area contributed by atoms with Gasteiger partial charge in [-0.25, -0.2) is 4.98 Å². The molecule has 0 saturated carbocycles. The molecule has 1 aromatic heterocycles. The molecule has 0 radical (unpaired) electrons. The van der Waals surface area contributed by atoms with Gasteiger partial charge in [0.25, 0.3) is 0 Å². The number of thiocarbonyl (C=S) groups is 1. The molecule has 1 rings (SSSR count). The van der Waals surface area contributed by atoms with Crippen LogP contribution in [0.5, 0.6) is 0 Å². The van der Waals surface area contributed by atoms with Crippen molar-refractivity contribution in [2.45, 2.75) is 0 Å². The minimum Gasteiger partial charge on any atom is -0.364 e. The average molecular weight is 197 g/mol. The molecule has 5 nitrogen and oxygen atoms in total. The van der Waals surface area contributed by atoms with E-state index in [1.807, 2.05) is 17.8 Å². The Balaban J connectivity index is 2.45. The number of hydrogen-bond donors (Lipinski definition) is 2. The van der Waals surface area contributed by atoms with Crippen LogP contribution in [0.4, 0.5) is 0 Å². The molecular formula is C7H11N5S. The van der Waals surface area contributed by atoms with E-state index in [9.17, 15) is 0 Å². The van der Waals surface area contributed by atoms with E-state index in [1.165, 1.54) is 0 Å². The number of aryl methyl sites for hydroxylation is 1. The molecule has 0 saturated heterocycles. The second-order valence-corrected chi connectivity index (χ2v) is 2.82. The van der Waals surface area contributed by atoms with Crippen molar-refractivity contribution in [3.8, 4) is 0 Å². The first-order valence-electron chi connectivity index (χ1n) is 3.71. The Morgan fingerprint density at radius 1 is 1.77 bits per heavy atom. The third-order valence-corrected chi connectivity index (χ3v) is 1.61. The van der Waals surface area contributed by atoms with E-state index in [0.29, 0.717) is 5.11 Å². The third-order valence-electron chi connectivity index (χ3n) is 1.31. The van der Waals surface area contributed by atoms with Crippen molar-refractivity contribution in [1.82, 2.24) is 20.3 Å². The highest BCUT2D eigenvalue weighted by molar-refractivity contribution is 7.80. The van der Waals surface area contributed by atoms with Crippen LogP contribution in [0.2, 0.25) is 0 Å². The molecule has 13 heavy (non-hydrogen) atoms. The van der Waals surface area contributed by atoms with Gasteiger partial charge >= 0.3 is 0 Å². The summed E-state index contributed by atoms with van der Waals surface area (Å²) in [5.74, 6) is 0. The fraction of sp³-hybridized carbons (Fsp3) is 0.286. The summed E-state index contributed by atoms with van der Waals surface area (Å²) in [4.78, 5) is 4.05. The lowest BCUT2D eigenvalue weighted by atomic mass is 10.5. The number of rotatable bonds is 2. The van der Waals surface area contributed by atoms with Crippen molar-refractivity contribution in [2.75, 3.05) is 7.05 Å². The number of imidazole rings is 1. The van der Waals surface area contributed by atoms with Gasteiger partial charge in [0.15, 0.2) is 5.11 Å². The molecule has 0 atom stereocenters. The second-order valence-electron chi connectivity index (χ2n) is 2.41. The maximum absolute atomic E-state index is 4.81. The van der Waals surface area contributed by atoms with Gasteiger partial charge in [-0.3, -0.25) is 5.43 Å². The van der Waals surface area contributed by atoms with Crippen LogP contribution >= 0.6 is 12.2 Å². The Morgan fingerprint density at radius 2 is 2.54 bits per heavy atom. The van der Waals surface area contributed by atoms with Crippen molar-refractivity contribution < 1.29 is 0 Å². The summed E-state index contributed by atoms with van der Waals surface area (Å²) < 4.78 is 1.84. The van der Waals surface area contributed by atoms with Crippen LogP contribution in [-0.4, -0.2) is 27.9 Å². The molecule has 0 fully saturated rings. The van der Waals surface area contributed by atoms with Gasteiger partial charge in [-0.1, -0.05) is 0 Å². The molecule has 0 unspecified atom stereocenters. The molecule has 0 aromatic carbocycles. The van der Waals surface area contributed by atoms with Crippen molar-refractivity contribution in [1.29, 1.82) is 0 Å². The molecule has 1 aromatic rings. The van der Waals surface area contributed by atoms with Gasteiger partial charge in [-0.15, -0.1) is 0 Å². The predicted octanol–water partition coefficient (Wildman–Crippen LogP) is -0.152. The minimum atomic E-state index is 0.479. The van der Waals surface area contributed by atoms with Gasteiger partial charge in [0.05, 0.1) is 12.5 Å². The molecule has 0 bridgehead atoms. The molecule has 0 aliphatic carbocycles. The summed E-state index contributed by atoms with van der Waals surface area (Å²) >= 11 is 4.81. The molecular weight excluding hydrogens is 186 g/mol. The SMILES string of the molecule is CNC(=S)N/N=C/c1cn(C)cn1. The predicted molar refractivity (Wildman–Crippen MR) is 55.6 cm³/mol. The summed E-state index contributed by atoms with van der Waals surface area (Å²) in [6.45, 7) is 0. The van der Waals surface area contributed by atoms with E-state index in [0.717, 1.165) is 5.69 Å². The standard InChI is InChI=1S/C7H11N5S/c1-8-7(13)11-10-3-6-4-12(2)5-9-6/h3-5H,1-2H3,(H2,8,11,13)/b10-3+. The zero-order valence-electron chi connectivity index (χ0n) is 7.48. The van der Waals surface area contributed by atoms with E-state index in [-0.39, 0.29) is 0 Å². The summed E-state index contributed by atoms with van der Waals surface area (Å²) in [6.07, 6.45) is 5.16. The van der Waals surface area contributed by atoms with Gasteiger partial charge in [0, 0.05) is 20.3 Å². The van der Waals surface area contributed by atoms with Gasteiger partial charge in [-0.05, 0) is 12.2 Å². The Hall–Kier alpha value is -1.43. The smallest absolute Gasteiger partial charge is 0.186 e. The maximum Gasteiger partial charge on any atom is 0.186 e. The topological polar surface area (TPSA) is 54.2 Å². The largest absolute Gasteiger partial charge is 0.364 e. The Kier molecular flexibility index (Phi) is 3.39. The number of hydrazone groups is 1. The number of aromatic nitrogens is 2. The van der Waals surface area contributed by atoms with E-state index in [1.54, 1.807) is 19.6 Å². The lowest BCUT2D eigenvalue weighted by molar-refractivity contribution is 0.913. The minimum absolute atomic E-state index is 0.479. The molecule has 0 aliphatic heterocycles. The monoisotopic (exact) mass is 197 g/mol. The van der Waals surface area contributed by atoms with Crippen molar-refractivity contribution >= 4 is 23.5 Å².